The maximum atomic E-state index is 12.5. The molecule has 1 amide bonds. The predicted molar refractivity (Wildman–Crippen MR) is 100 cm³/mol. The Morgan fingerprint density at radius 2 is 1.85 bits per heavy atom. The first-order valence-corrected chi connectivity index (χ1v) is 8.38. The van der Waals surface area contributed by atoms with Crippen LogP contribution < -0.4 is 5.32 Å². The van der Waals surface area contributed by atoms with Crippen molar-refractivity contribution in [2.24, 2.45) is 0 Å². The third kappa shape index (κ3) is 3.88. The van der Waals surface area contributed by atoms with Crippen LogP contribution in [0.4, 0.5) is 0 Å². The molecule has 0 aliphatic heterocycles. The van der Waals surface area contributed by atoms with Crippen molar-refractivity contribution >= 4 is 22.8 Å². The van der Waals surface area contributed by atoms with E-state index >= 15 is 0 Å². The average Bonchev–Trinajstić information content (AvgIpc) is 2.63. The van der Waals surface area contributed by atoms with Crippen molar-refractivity contribution in [3.63, 3.8) is 0 Å². The molecule has 0 fully saturated rings. The van der Waals surface area contributed by atoms with Crippen LogP contribution in [0.15, 0.2) is 54.7 Å². The zero-order valence-corrected chi connectivity index (χ0v) is 14.7. The Balaban J connectivity index is 1.78. The molecule has 0 aliphatic rings. The number of fused-ring (bicyclic) bond motifs is 1. The fraction of sp³-hybridized carbons (Fsp3) is 0.190. The number of benzene rings is 2. The normalized spacial score (nSPS) is 11.9. The van der Waals surface area contributed by atoms with E-state index in [0.29, 0.717) is 5.56 Å². The summed E-state index contributed by atoms with van der Waals surface area (Å²) in [6, 6.07) is 14.0. The zero-order valence-electron chi connectivity index (χ0n) is 14.7. The summed E-state index contributed by atoms with van der Waals surface area (Å²) in [5, 5.41) is 12.9. The van der Waals surface area contributed by atoms with E-state index in [0.717, 1.165) is 27.6 Å². The molecule has 26 heavy (non-hydrogen) atoms. The monoisotopic (exact) mass is 348 g/mol. The van der Waals surface area contributed by atoms with Crippen LogP contribution in [-0.2, 0) is 11.2 Å². The number of aromatic nitrogens is 1. The number of carboxylic acid groups (broad SMARTS) is 1. The Morgan fingerprint density at radius 1 is 1.08 bits per heavy atom. The van der Waals surface area contributed by atoms with E-state index in [-0.39, 0.29) is 6.42 Å². The van der Waals surface area contributed by atoms with Gasteiger partial charge in [0, 0.05) is 18.0 Å². The van der Waals surface area contributed by atoms with Gasteiger partial charge < -0.3 is 10.4 Å². The molecule has 0 spiro atoms. The topological polar surface area (TPSA) is 79.3 Å². The molecular formula is C21H20N2O3. The van der Waals surface area contributed by atoms with Crippen molar-refractivity contribution in [2.75, 3.05) is 0 Å². The molecule has 0 saturated heterocycles. The lowest BCUT2D eigenvalue weighted by atomic mass is 10.0. The van der Waals surface area contributed by atoms with E-state index in [2.05, 4.69) is 10.3 Å². The van der Waals surface area contributed by atoms with Crippen LogP contribution >= 0.6 is 0 Å². The smallest absolute Gasteiger partial charge is 0.326 e. The van der Waals surface area contributed by atoms with Gasteiger partial charge in [0.2, 0.25) is 0 Å². The number of carbonyl (C=O) groups excluding carboxylic acids is 1. The summed E-state index contributed by atoms with van der Waals surface area (Å²) in [6.07, 6.45) is 1.69. The molecule has 3 aromatic rings. The molecule has 0 unspecified atom stereocenters. The van der Waals surface area contributed by atoms with Crippen molar-refractivity contribution in [3.8, 4) is 0 Å². The third-order valence-electron chi connectivity index (χ3n) is 4.47. The van der Waals surface area contributed by atoms with E-state index in [4.69, 9.17) is 0 Å². The molecule has 1 atom stereocenters. The predicted octanol–water partition coefficient (Wildman–Crippen LogP) is 3.28. The fourth-order valence-electron chi connectivity index (χ4n) is 2.80. The molecule has 3 rings (SSSR count). The number of hydrogen-bond acceptors (Lipinski definition) is 3. The summed E-state index contributed by atoms with van der Waals surface area (Å²) in [5.41, 5.74) is 4.24. The van der Waals surface area contributed by atoms with Crippen LogP contribution in [0.1, 0.15) is 27.0 Å². The molecule has 0 bridgehead atoms. The zero-order chi connectivity index (χ0) is 18.7. The summed E-state index contributed by atoms with van der Waals surface area (Å²) in [4.78, 5) is 28.4. The number of carboxylic acids is 1. The maximum Gasteiger partial charge on any atom is 0.326 e. The standard InChI is InChI=1S/C21H20N2O3/c1-13-7-8-15(9-14(13)2)10-19(21(25)26)23-20(24)17-11-16-5-3-4-6-18(16)22-12-17/h3-9,11-12,19H,10H2,1-2H3,(H,23,24)(H,25,26)/t19-/m1/s1. The number of para-hydroxylation sites is 1. The Labute approximate surface area is 151 Å². The van der Waals surface area contributed by atoms with E-state index in [9.17, 15) is 14.7 Å². The van der Waals surface area contributed by atoms with Crippen LogP contribution in [0.2, 0.25) is 0 Å². The van der Waals surface area contributed by atoms with Crippen molar-refractivity contribution in [1.29, 1.82) is 0 Å². The third-order valence-corrected chi connectivity index (χ3v) is 4.47. The molecule has 2 N–H and O–H groups in total. The molecule has 0 saturated carbocycles. The van der Waals surface area contributed by atoms with Crippen LogP contribution in [0.5, 0.6) is 0 Å². The van der Waals surface area contributed by atoms with Crippen LogP contribution in [0, 0.1) is 13.8 Å². The molecule has 5 heteroatoms. The molecule has 1 heterocycles. The van der Waals surface area contributed by atoms with Gasteiger partial charge in [-0.15, -0.1) is 0 Å². The quantitative estimate of drug-likeness (QED) is 0.742. The van der Waals surface area contributed by atoms with Crippen molar-refractivity contribution < 1.29 is 14.7 Å². The first-order valence-electron chi connectivity index (χ1n) is 8.38. The van der Waals surface area contributed by atoms with Gasteiger partial charge in [0.25, 0.3) is 5.91 Å². The largest absolute Gasteiger partial charge is 0.480 e. The number of rotatable bonds is 5. The highest BCUT2D eigenvalue weighted by atomic mass is 16.4. The summed E-state index contributed by atoms with van der Waals surface area (Å²) < 4.78 is 0. The Morgan fingerprint density at radius 3 is 2.58 bits per heavy atom. The minimum absolute atomic E-state index is 0.225. The highest BCUT2D eigenvalue weighted by molar-refractivity contribution is 5.99. The number of carbonyl (C=O) groups is 2. The minimum atomic E-state index is -1.06. The van der Waals surface area contributed by atoms with Gasteiger partial charge in [0.05, 0.1) is 11.1 Å². The number of aryl methyl sites for hydroxylation is 2. The van der Waals surface area contributed by atoms with Gasteiger partial charge in [-0.1, -0.05) is 36.4 Å². The summed E-state index contributed by atoms with van der Waals surface area (Å²) >= 11 is 0. The van der Waals surface area contributed by atoms with Gasteiger partial charge >= 0.3 is 5.97 Å². The molecule has 132 valence electrons. The Kier molecular flexibility index (Phi) is 4.98. The van der Waals surface area contributed by atoms with Crippen molar-refractivity contribution in [3.05, 3.63) is 77.0 Å². The second-order valence-corrected chi connectivity index (χ2v) is 6.40. The van der Waals surface area contributed by atoms with Crippen LogP contribution in [-0.4, -0.2) is 28.0 Å². The van der Waals surface area contributed by atoms with Gasteiger partial charge in [-0.2, -0.15) is 0 Å². The van der Waals surface area contributed by atoms with E-state index in [1.807, 2.05) is 56.3 Å². The summed E-state index contributed by atoms with van der Waals surface area (Å²) in [7, 11) is 0. The fourth-order valence-corrected chi connectivity index (χ4v) is 2.80. The Hall–Kier alpha value is -3.21. The molecule has 5 nitrogen and oxygen atoms in total. The maximum absolute atomic E-state index is 12.5. The number of amides is 1. The molecule has 2 aromatic carbocycles. The highest BCUT2D eigenvalue weighted by Crippen LogP contribution is 2.14. The second kappa shape index (κ2) is 7.35. The van der Waals surface area contributed by atoms with Crippen LogP contribution in [0.25, 0.3) is 10.9 Å². The van der Waals surface area contributed by atoms with Crippen molar-refractivity contribution in [2.45, 2.75) is 26.3 Å². The van der Waals surface area contributed by atoms with E-state index in [1.54, 1.807) is 6.07 Å². The number of pyridine rings is 1. The van der Waals surface area contributed by atoms with E-state index < -0.39 is 17.9 Å². The van der Waals surface area contributed by atoms with Gasteiger partial charge in [-0.25, -0.2) is 4.79 Å². The Bertz CT molecular complexity index is 982. The van der Waals surface area contributed by atoms with Gasteiger partial charge in [0.1, 0.15) is 6.04 Å². The lowest BCUT2D eigenvalue weighted by molar-refractivity contribution is -0.139. The van der Waals surface area contributed by atoms with Gasteiger partial charge in [-0.05, 0) is 42.7 Å². The summed E-state index contributed by atoms with van der Waals surface area (Å²) in [5.74, 6) is -1.51. The molecule has 0 aliphatic carbocycles. The number of aliphatic carboxylic acids is 1. The van der Waals surface area contributed by atoms with Gasteiger partial charge in [-0.3, -0.25) is 9.78 Å². The molecule has 1 aromatic heterocycles. The van der Waals surface area contributed by atoms with E-state index in [1.165, 1.54) is 6.20 Å². The second-order valence-electron chi connectivity index (χ2n) is 6.40. The first-order chi connectivity index (χ1) is 12.4. The first kappa shape index (κ1) is 17.6. The molecule has 0 radical (unpaired) electrons. The number of nitrogens with zero attached hydrogens (tertiary/aromatic N) is 1. The number of hydrogen-bond donors (Lipinski definition) is 2. The lowest BCUT2D eigenvalue weighted by Crippen LogP contribution is -2.42. The highest BCUT2D eigenvalue weighted by Gasteiger charge is 2.21. The SMILES string of the molecule is Cc1ccc(C[C@@H](NC(=O)c2cnc3ccccc3c2)C(=O)O)cc1C. The minimum Gasteiger partial charge on any atom is -0.480 e. The van der Waals surface area contributed by atoms with Gasteiger partial charge in [0.15, 0.2) is 0 Å². The summed E-state index contributed by atoms with van der Waals surface area (Å²) in [6.45, 7) is 3.98. The molecular weight excluding hydrogens is 328 g/mol. The van der Waals surface area contributed by atoms with Crippen molar-refractivity contribution in [1.82, 2.24) is 10.3 Å². The van der Waals surface area contributed by atoms with Crippen LogP contribution in [0.3, 0.4) is 0 Å². The lowest BCUT2D eigenvalue weighted by Gasteiger charge is -2.15. The number of nitrogens with one attached hydrogen (secondary N) is 1. The average molecular weight is 348 g/mol.